The number of nitrogens with zero attached hydrogens (tertiary/aromatic N) is 7. The van der Waals surface area contributed by atoms with Gasteiger partial charge in [0.1, 0.15) is 18.8 Å². The molecule has 0 bridgehead atoms. The quantitative estimate of drug-likeness (QED) is 0.0891. The van der Waals surface area contributed by atoms with Gasteiger partial charge in [-0.05, 0) is 86.0 Å². The number of anilines is 2. The Labute approximate surface area is 353 Å². The van der Waals surface area contributed by atoms with Crippen molar-refractivity contribution in [1.29, 1.82) is 0 Å². The van der Waals surface area contributed by atoms with Crippen molar-refractivity contribution < 1.29 is 33.4 Å². The highest BCUT2D eigenvalue weighted by molar-refractivity contribution is 6.05. The lowest BCUT2D eigenvalue weighted by molar-refractivity contribution is -0.137. The van der Waals surface area contributed by atoms with Crippen LogP contribution in [0, 0.1) is 0 Å². The van der Waals surface area contributed by atoms with Crippen LogP contribution in [0.25, 0.3) is 16.6 Å². The largest absolute Gasteiger partial charge is 0.460 e. The van der Waals surface area contributed by atoms with Crippen molar-refractivity contribution in [3.63, 3.8) is 0 Å². The van der Waals surface area contributed by atoms with E-state index in [0.717, 1.165) is 65.5 Å². The van der Waals surface area contributed by atoms with Crippen LogP contribution in [0.5, 0.6) is 6.01 Å². The smallest absolute Gasteiger partial charge is 0.322 e. The van der Waals surface area contributed by atoms with Crippen molar-refractivity contribution in [3.8, 4) is 6.01 Å². The third kappa shape index (κ3) is 9.48. The summed E-state index contributed by atoms with van der Waals surface area (Å²) in [4.78, 5) is 68.2. The third-order valence-electron chi connectivity index (χ3n) is 11.5. The van der Waals surface area contributed by atoms with Gasteiger partial charge >= 0.3 is 6.01 Å². The second kappa shape index (κ2) is 18.7. The van der Waals surface area contributed by atoms with E-state index in [2.05, 4.69) is 51.8 Å². The SMILES string of the molecule is CC(C)c1cnn2c(NCc3ccc(NC(=O)COCCOCCCc4cccc5c4CN(C4CCC(=O)NC4=O)C5=O)c4cccnc34)nc(OC3CCN(C)CC3)nc12. The summed E-state index contributed by atoms with van der Waals surface area (Å²) in [7, 11) is 2.12. The molecule has 8 rings (SSSR count). The number of aryl methyl sites for hydroxylation is 1. The first-order valence-corrected chi connectivity index (χ1v) is 21.0. The Balaban J connectivity index is 0.805. The first-order valence-electron chi connectivity index (χ1n) is 21.0. The molecule has 6 heterocycles. The summed E-state index contributed by atoms with van der Waals surface area (Å²) in [6.07, 6.45) is 7.39. The molecule has 2 fully saturated rings. The summed E-state index contributed by atoms with van der Waals surface area (Å²) < 4.78 is 19.5. The van der Waals surface area contributed by atoms with Gasteiger partial charge in [-0.25, -0.2) is 0 Å². The van der Waals surface area contributed by atoms with Crippen LogP contribution in [0.3, 0.4) is 0 Å². The summed E-state index contributed by atoms with van der Waals surface area (Å²) in [6.45, 7) is 7.77. The van der Waals surface area contributed by atoms with Gasteiger partial charge in [0.15, 0.2) is 5.65 Å². The number of amides is 4. The molecule has 3 N–H and O–H groups in total. The van der Waals surface area contributed by atoms with Crippen molar-refractivity contribution in [2.75, 3.05) is 57.2 Å². The van der Waals surface area contributed by atoms with E-state index in [4.69, 9.17) is 24.2 Å². The fourth-order valence-electron chi connectivity index (χ4n) is 8.18. The molecule has 5 aromatic rings. The average Bonchev–Trinajstić information content (AvgIpc) is 3.84. The van der Waals surface area contributed by atoms with Gasteiger partial charge in [-0.2, -0.15) is 19.6 Å². The van der Waals surface area contributed by atoms with E-state index in [1.807, 2.05) is 42.6 Å². The van der Waals surface area contributed by atoms with Gasteiger partial charge in [0.2, 0.25) is 23.7 Å². The fourth-order valence-corrected chi connectivity index (χ4v) is 8.18. The van der Waals surface area contributed by atoms with E-state index < -0.39 is 11.9 Å². The number of likely N-dealkylation sites (tertiary alicyclic amines) is 1. The average molecular weight is 833 g/mol. The Morgan fingerprint density at radius 2 is 1.80 bits per heavy atom. The number of nitrogens with one attached hydrogen (secondary N) is 3. The first-order chi connectivity index (χ1) is 29.6. The van der Waals surface area contributed by atoms with Crippen molar-refractivity contribution in [2.24, 2.45) is 0 Å². The van der Waals surface area contributed by atoms with Crippen molar-refractivity contribution in [1.82, 2.24) is 39.7 Å². The summed E-state index contributed by atoms with van der Waals surface area (Å²) in [6, 6.07) is 12.9. The number of carbonyl (C=O) groups excluding carboxylic acids is 4. The number of benzene rings is 2. The Hall–Kier alpha value is -6.04. The first kappa shape index (κ1) is 41.7. The van der Waals surface area contributed by atoms with Gasteiger partial charge in [-0.3, -0.25) is 29.5 Å². The molecule has 3 aromatic heterocycles. The monoisotopic (exact) mass is 832 g/mol. The molecule has 0 saturated carbocycles. The number of hydrogen-bond donors (Lipinski definition) is 3. The molecule has 2 saturated heterocycles. The number of imide groups is 1. The van der Waals surface area contributed by atoms with Gasteiger partial charge < -0.3 is 34.6 Å². The lowest BCUT2D eigenvalue weighted by Crippen LogP contribution is -2.52. The van der Waals surface area contributed by atoms with E-state index >= 15 is 0 Å². The number of pyridine rings is 1. The van der Waals surface area contributed by atoms with E-state index in [1.54, 1.807) is 21.7 Å². The number of fused-ring (bicyclic) bond motifs is 3. The molecule has 0 spiro atoms. The Morgan fingerprint density at radius 3 is 2.62 bits per heavy atom. The zero-order chi connectivity index (χ0) is 42.5. The maximum atomic E-state index is 13.1. The van der Waals surface area contributed by atoms with Crippen LogP contribution in [0.15, 0.2) is 54.9 Å². The Morgan fingerprint density at radius 1 is 0.967 bits per heavy atom. The lowest BCUT2D eigenvalue weighted by Gasteiger charge is -2.29. The minimum Gasteiger partial charge on any atom is -0.460 e. The van der Waals surface area contributed by atoms with Crippen LogP contribution in [0.4, 0.5) is 11.6 Å². The Bertz CT molecular complexity index is 2430. The predicted octanol–water partition coefficient (Wildman–Crippen LogP) is 4.25. The van der Waals surface area contributed by atoms with Crippen LogP contribution < -0.4 is 20.7 Å². The van der Waals surface area contributed by atoms with E-state index in [9.17, 15) is 19.2 Å². The highest BCUT2D eigenvalue weighted by Gasteiger charge is 2.39. The normalized spacial score (nSPS) is 17.3. The number of ether oxygens (including phenoxy) is 3. The number of rotatable bonds is 17. The molecule has 3 aliphatic heterocycles. The lowest BCUT2D eigenvalue weighted by atomic mass is 10.00. The second-order valence-electron chi connectivity index (χ2n) is 16.1. The number of piperidine rings is 2. The van der Waals surface area contributed by atoms with Gasteiger partial charge in [0.25, 0.3) is 5.91 Å². The van der Waals surface area contributed by atoms with Crippen molar-refractivity contribution in [2.45, 2.75) is 83.5 Å². The number of hydrogen-bond acceptors (Lipinski definition) is 13. The van der Waals surface area contributed by atoms with Gasteiger partial charge in [-0.15, -0.1) is 0 Å². The molecule has 1 atom stereocenters. The van der Waals surface area contributed by atoms with Crippen LogP contribution >= 0.6 is 0 Å². The third-order valence-corrected chi connectivity index (χ3v) is 11.5. The van der Waals surface area contributed by atoms with Gasteiger partial charge in [-0.1, -0.05) is 32.0 Å². The fraction of sp³-hybridized carbons (Fsp3) is 0.455. The molecule has 320 valence electrons. The van der Waals surface area contributed by atoms with Crippen LogP contribution in [0.1, 0.15) is 84.5 Å². The molecule has 3 aliphatic rings. The summed E-state index contributed by atoms with van der Waals surface area (Å²) in [5.41, 5.74) is 6.53. The van der Waals surface area contributed by atoms with Crippen LogP contribution in [-0.2, 0) is 43.4 Å². The van der Waals surface area contributed by atoms with Crippen molar-refractivity contribution >= 4 is 51.8 Å². The van der Waals surface area contributed by atoms with Crippen molar-refractivity contribution in [3.05, 3.63) is 82.7 Å². The zero-order valence-electron chi connectivity index (χ0n) is 34.8. The van der Waals surface area contributed by atoms with Crippen LogP contribution in [0.2, 0.25) is 0 Å². The maximum Gasteiger partial charge on any atom is 0.322 e. The predicted molar refractivity (Wildman–Crippen MR) is 226 cm³/mol. The van der Waals surface area contributed by atoms with E-state index in [1.165, 1.54) is 0 Å². The Kier molecular flexibility index (Phi) is 12.8. The molecular formula is C44H52N10O7. The standard InChI is InChI=1S/C44H52N10O7/c1-27(2)33-24-47-54-40(33)50-44(61-30-15-18-52(3)19-16-30)51-43(54)46-23-29-11-12-35(32-10-5-17-45-39(29)32)48-38(56)26-60-22-21-59-20-6-8-28-7-4-9-31-34(28)25-53(42(31)58)36-13-14-37(55)49-41(36)57/h4-5,7,9-12,17,24,27,30,36H,6,8,13-16,18-23,25-26H2,1-3H3,(H,48,56)(H,46,50,51)(H,49,55,57). The number of aromatic nitrogens is 5. The summed E-state index contributed by atoms with van der Waals surface area (Å²) in [5, 5.41) is 14.2. The van der Waals surface area contributed by atoms with E-state index in [0.29, 0.717) is 68.0 Å². The molecule has 2 aromatic carbocycles. The molecule has 0 aliphatic carbocycles. The highest BCUT2D eigenvalue weighted by Crippen LogP contribution is 2.31. The van der Waals surface area contributed by atoms with E-state index in [-0.39, 0.29) is 49.4 Å². The number of carbonyl (C=O) groups is 4. The molecule has 17 heteroatoms. The van der Waals surface area contributed by atoms with Gasteiger partial charge in [0.05, 0.1) is 30.6 Å². The topological polar surface area (TPSA) is 195 Å². The van der Waals surface area contributed by atoms with Crippen LogP contribution in [-0.4, -0.2) is 117 Å². The molecule has 17 nitrogen and oxygen atoms in total. The highest BCUT2D eigenvalue weighted by atomic mass is 16.5. The second-order valence-corrected chi connectivity index (χ2v) is 16.1. The molecular weight excluding hydrogens is 781 g/mol. The summed E-state index contributed by atoms with van der Waals surface area (Å²) >= 11 is 0. The molecule has 0 radical (unpaired) electrons. The molecule has 1 unspecified atom stereocenters. The maximum absolute atomic E-state index is 13.1. The summed E-state index contributed by atoms with van der Waals surface area (Å²) in [5.74, 6) is -0.480. The molecule has 4 amide bonds. The minimum atomic E-state index is -0.644. The zero-order valence-corrected chi connectivity index (χ0v) is 34.8. The minimum absolute atomic E-state index is 0.0457. The van der Waals surface area contributed by atoms with Gasteiger partial charge in [0, 0.05) is 61.9 Å². The molecule has 61 heavy (non-hydrogen) atoms.